The minimum absolute atomic E-state index is 0.672. The lowest BCUT2D eigenvalue weighted by molar-refractivity contribution is 0.570. The Morgan fingerprint density at radius 2 is 2.19 bits per heavy atom. The number of nitrogens with one attached hydrogen (secondary N) is 1. The smallest absolute Gasteiger partial charge is 0.143 e. The predicted octanol–water partition coefficient (Wildman–Crippen LogP) is 1.50. The molecule has 7 nitrogen and oxygen atoms in total. The van der Waals surface area contributed by atoms with Gasteiger partial charge >= 0.3 is 0 Å². The van der Waals surface area contributed by atoms with Crippen LogP contribution in [0.3, 0.4) is 0 Å². The first kappa shape index (κ1) is 13.8. The molecule has 0 aliphatic rings. The SMILES string of the molecule is CCn1ncnc1CNCc1csc(-c2cnccn2)n1. The van der Waals surface area contributed by atoms with Crippen LogP contribution in [0.15, 0.2) is 30.3 Å². The molecule has 0 unspecified atom stereocenters. The second-order valence-electron chi connectivity index (χ2n) is 4.33. The highest BCUT2D eigenvalue weighted by Crippen LogP contribution is 2.20. The number of aromatic nitrogens is 6. The van der Waals surface area contributed by atoms with Gasteiger partial charge < -0.3 is 5.32 Å². The van der Waals surface area contributed by atoms with E-state index in [2.05, 4.69) is 30.4 Å². The van der Waals surface area contributed by atoms with E-state index in [4.69, 9.17) is 0 Å². The van der Waals surface area contributed by atoms with Gasteiger partial charge in [0.1, 0.15) is 22.9 Å². The van der Waals surface area contributed by atoms with Crippen molar-refractivity contribution in [1.82, 2.24) is 35.0 Å². The van der Waals surface area contributed by atoms with Gasteiger partial charge in [0.15, 0.2) is 0 Å². The highest BCUT2D eigenvalue weighted by molar-refractivity contribution is 7.13. The van der Waals surface area contributed by atoms with Crippen LogP contribution in [0.25, 0.3) is 10.7 Å². The zero-order valence-electron chi connectivity index (χ0n) is 11.6. The molecule has 3 aromatic rings. The van der Waals surface area contributed by atoms with E-state index in [-0.39, 0.29) is 0 Å². The van der Waals surface area contributed by atoms with Gasteiger partial charge in [0.05, 0.1) is 18.4 Å². The molecule has 0 radical (unpaired) electrons. The van der Waals surface area contributed by atoms with E-state index in [1.807, 2.05) is 17.0 Å². The zero-order chi connectivity index (χ0) is 14.5. The van der Waals surface area contributed by atoms with Gasteiger partial charge in [-0.25, -0.2) is 14.6 Å². The van der Waals surface area contributed by atoms with Gasteiger partial charge in [-0.05, 0) is 6.92 Å². The van der Waals surface area contributed by atoms with E-state index in [9.17, 15) is 0 Å². The monoisotopic (exact) mass is 301 g/mol. The molecule has 0 spiro atoms. The van der Waals surface area contributed by atoms with Crippen LogP contribution in [0.4, 0.5) is 0 Å². The Labute approximate surface area is 126 Å². The first-order valence-corrected chi connectivity index (χ1v) is 7.53. The third-order valence-electron chi connectivity index (χ3n) is 2.92. The average molecular weight is 301 g/mol. The highest BCUT2D eigenvalue weighted by atomic mass is 32.1. The number of hydrogen-bond acceptors (Lipinski definition) is 7. The molecular formula is C13H15N7S. The van der Waals surface area contributed by atoms with Crippen molar-refractivity contribution in [1.29, 1.82) is 0 Å². The van der Waals surface area contributed by atoms with Crippen molar-refractivity contribution in [3.8, 4) is 10.7 Å². The molecule has 1 N–H and O–H groups in total. The van der Waals surface area contributed by atoms with Gasteiger partial charge in [0.25, 0.3) is 0 Å². The first-order chi connectivity index (χ1) is 10.4. The Bertz CT molecular complexity index is 691. The number of thiazole rings is 1. The van der Waals surface area contributed by atoms with Gasteiger partial charge in [-0.1, -0.05) is 0 Å². The second-order valence-corrected chi connectivity index (χ2v) is 5.19. The summed E-state index contributed by atoms with van der Waals surface area (Å²) in [6.07, 6.45) is 6.63. The minimum Gasteiger partial charge on any atom is -0.304 e. The highest BCUT2D eigenvalue weighted by Gasteiger charge is 2.06. The number of nitrogens with zero attached hydrogens (tertiary/aromatic N) is 6. The second kappa shape index (κ2) is 6.51. The maximum absolute atomic E-state index is 4.55. The van der Waals surface area contributed by atoms with Crippen molar-refractivity contribution in [2.45, 2.75) is 26.6 Å². The van der Waals surface area contributed by atoms with Crippen molar-refractivity contribution in [3.05, 3.63) is 41.8 Å². The molecule has 3 rings (SSSR count). The van der Waals surface area contributed by atoms with Crippen LogP contribution < -0.4 is 5.32 Å². The lowest BCUT2D eigenvalue weighted by Gasteiger charge is -2.03. The summed E-state index contributed by atoms with van der Waals surface area (Å²) in [7, 11) is 0. The molecule has 0 saturated heterocycles. The van der Waals surface area contributed by atoms with Gasteiger partial charge in [0, 0.05) is 30.9 Å². The topological polar surface area (TPSA) is 81.4 Å². The summed E-state index contributed by atoms with van der Waals surface area (Å²) >= 11 is 1.57. The number of aryl methyl sites for hydroxylation is 1. The Hall–Kier alpha value is -2.19. The quantitative estimate of drug-likeness (QED) is 0.743. The molecule has 0 aliphatic carbocycles. The van der Waals surface area contributed by atoms with Gasteiger partial charge in [-0.2, -0.15) is 5.10 Å². The third-order valence-corrected chi connectivity index (χ3v) is 3.83. The van der Waals surface area contributed by atoms with Gasteiger partial charge in [0.2, 0.25) is 0 Å². The molecule has 0 saturated carbocycles. The first-order valence-electron chi connectivity index (χ1n) is 6.65. The van der Waals surface area contributed by atoms with Crippen LogP contribution in [0.5, 0.6) is 0 Å². The van der Waals surface area contributed by atoms with Gasteiger partial charge in [-0.15, -0.1) is 11.3 Å². The summed E-state index contributed by atoms with van der Waals surface area (Å²) in [4.78, 5) is 17.1. The van der Waals surface area contributed by atoms with Crippen LogP contribution >= 0.6 is 11.3 Å². The van der Waals surface area contributed by atoms with Crippen LogP contribution in [-0.2, 0) is 19.6 Å². The number of hydrogen-bond donors (Lipinski definition) is 1. The van der Waals surface area contributed by atoms with Crippen molar-refractivity contribution >= 4 is 11.3 Å². The molecule has 108 valence electrons. The molecule has 3 aromatic heterocycles. The lowest BCUT2D eigenvalue weighted by Crippen LogP contribution is -2.17. The molecular weight excluding hydrogens is 286 g/mol. The van der Waals surface area contributed by atoms with Crippen molar-refractivity contribution < 1.29 is 0 Å². The Balaban J connectivity index is 1.58. The summed E-state index contributed by atoms with van der Waals surface area (Å²) in [5.74, 6) is 0.932. The summed E-state index contributed by atoms with van der Waals surface area (Å²) < 4.78 is 1.87. The standard InChI is InChI=1S/C13H15N7S/c1-2-20-12(17-9-18-20)7-15-5-10-8-21-13(19-10)11-6-14-3-4-16-11/h3-4,6,8-9,15H,2,5,7H2,1H3. The maximum atomic E-state index is 4.55. The fourth-order valence-corrected chi connectivity index (χ4v) is 2.69. The van der Waals surface area contributed by atoms with E-state index in [1.54, 1.807) is 36.3 Å². The van der Waals surface area contributed by atoms with E-state index in [0.717, 1.165) is 28.8 Å². The van der Waals surface area contributed by atoms with Crippen molar-refractivity contribution in [2.24, 2.45) is 0 Å². The Kier molecular flexibility index (Phi) is 4.27. The molecule has 0 aromatic carbocycles. The largest absolute Gasteiger partial charge is 0.304 e. The zero-order valence-corrected chi connectivity index (χ0v) is 12.4. The third kappa shape index (κ3) is 3.29. The molecule has 0 aliphatic heterocycles. The summed E-state index contributed by atoms with van der Waals surface area (Å²) in [6, 6.07) is 0. The van der Waals surface area contributed by atoms with Crippen molar-refractivity contribution in [2.75, 3.05) is 0 Å². The van der Waals surface area contributed by atoms with E-state index >= 15 is 0 Å². The summed E-state index contributed by atoms with van der Waals surface area (Å²) in [5, 5.41) is 10.4. The fourth-order valence-electron chi connectivity index (χ4n) is 1.91. The van der Waals surface area contributed by atoms with Gasteiger partial charge in [-0.3, -0.25) is 9.97 Å². The minimum atomic E-state index is 0.672. The van der Waals surface area contributed by atoms with E-state index < -0.39 is 0 Å². The molecule has 0 bridgehead atoms. The molecule has 8 heteroatoms. The van der Waals surface area contributed by atoms with Crippen LogP contribution in [0.1, 0.15) is 18.4 Å². The summed E-state index contributed by atoms with van der Waals surface area (Å²) in [5.41, 5.74) is 1.79. The Morgan fingerprint density at radius 3 is 3.00 bits per heavy atom. The van der Waals surface area contributed by atoms with Crippen LogP contribution in [-0.4, -0.2) is 29.7 Å². The fraction of sp³-hybridized carbons (Fsp3) is 0.308. The maximum Gasteiger partial charge on any atom is 0.143 e. The lowest BCUT2D eigenvalue weighted by atomic mass is 10.4. The summed E-state index contributed by atoms with van der Waals surface area (Å²) in [6.45, 7) is 4.23. The normalized spacial score (nSPS) is 10.9. The van der Waals surface area contributed by atoms with Crippen molar-refractivity contribution in [3.63, 3.8) is 0 Å². The number of rotatable bonds is 6. The van der Waals surface area contributed by atoms with E-state index in [1.165, 1.54) is 0 Å². The molecule has 0 atom stereocenters. The van der Waals surface area contributed by atoms with Crippen LogP contribution in [0.2, 0.25) is 0 Å². The molecule has 21 heavy (non-hydrogen) atoms. The Morgan fingerprint density at radius 1 is 1.24 bits per heavy atom. The van der Waals surface area contributed by atoms with Crippen LogP contribution in [0, 0.1) is 0 Å². The van der Waals surface area contributed by atoms with E-state index in [0.29, 0.717) is 13.1 Å². The average Bonchev–Trinajstić information content (AvgIpc) is 3.17. The molecule has 3 heterocycles. The molecule has 0 fully saturated rings. The molecule has 0 amide bonds. The predicted molar refractivity (Wildman–Crippen MR) is 79.4 cm³/mol.